The van der Waals surface area contributed by atoms with E-state index in [0.29, 0.717) is 6.42 Å². The Morgan fingerprint density at radius 2 is 0.703 bits per heavy atom. The molecule has 0 fully saturated rings. The Balaban J connectivity index is 14.0. The SMILES string of the molecule is CCC(C)(C)C(=O)OCCC[Si](C)(C)O[Si](C)O[Si](O[Si](O[Si](O[Si](C)C)([Si]O)[Si]O)([Si](O[Si]O)([Si]O)[Si]O)[Si](O[Si]O)([Si]O)[Si]O)([Si](O[Si](O[Si]O)([Si]O)[Si]O)([Si](O[Si]O)([Si]O)[Si]O)[Si](O[Si]O)([Si]O)[Si]O)[Si](O[Si](O[Si]O)([Si]O)[Si](C)(C)O)([Si](O[Si]O)([Si]O)[Si]O)[Si](O[Si]O)([Si]O)[Si]O. The highest BCUT2D eigenvalue weighted by atomic mass is 30.5. The Labute approximate surface area is 657 Å². The average Bonchev–Trinajstić information content (AvgIpc) is 0.639. The number of hydrogen-bond acceptors (Lipinski definition) is 43. The zero-order chi connectivity index (χ0) is 78.6. The minimum Gasteiger partial charge on any atom is -0.465 e. The molecule has 0 saturated heterocycles. The molecular weight excluding hydrogens is 2060 g/mol. The summed E-state index contributed by atoms with van der Waals surface area (Å²) in [4.78, 5) is 335. The summed E-state index contributed by atoms with van der Waals surface area (Å²) in [5.41, 5.74) is -0.988. The van der Waals surface area contributed by atoms with Crippen LogP contribution >= 0.6 is 0 Å². The van der Waals surface area contributed by atoms with Gasteiger partial charge in [0.1, 0.15) is 0 Å². The highest BCUT2D eigenvalue weighted by molar-refractivity contribution is 8.24. The molecule has 0 spiro atoms. The largest absolute Gasteiger partial charge is 0.465 e. The predicted octanol–water partition coefficient (Wildman–Crippen LogP) is -25.1. The highest BCUT2D eigenvalue weighted by Crippen LogP contribution is 2.54. The van der Waals surface area contributed by atoms with E-state index in [0.717, 1.165) is 19.6 Å². The van der Waals surface area contributed by atoms with Crippen molar-refractivity contribution in [1.29, 1.82) is 0 Å². The van der Waals surface area contributed by atoms with Crippen LogP contribution in [0.5, 0.6) is 0 Å². The minimum absolute atomic E-state index is 0.0662. The molecule has 85 heteroatoms. The normalized spacial score (nSPS) is 15.7. The fraction of sp³-hybridized carbons (Fsp3) is 0.938. The molecule has 0 aliphatic carbocycles. The second-order valence-electron chi connectivity index (χ2n) is 20.9. The third-order valence-electron chi connectivity index (χ3n) is 13.7. The van der Waals surface area contributed by atoms with E-state index in [1.165, 1.54) is 26.2 Å². The smallest absolute Gasteiger partial charge is 0.420 e. The Hall–Kier alpha value is 6.94. The Morgan fingerprint density at radius 3 is 0.980 bits per heavy atom. The maximum Gasteiger partial charge on any atom is 0.420 e. The summed E-state index contributed by atoms with van der Waals surface area (Å²) in [5, 5.41) is 0. The molecule has 26 N–H and O–H groups in total. The predicted molar refractivity (Wildman–Crippen MR) is 401 cm³/mol. The quantitative estimate of drug-likeness (QED) is 0.0153. The van der Waals surface area contributed by atoms with Crippen LogP contribution in [0.4, 0.5) is 0 Å². The lowest BCUT2D eigenvalue weighted by atomic mass is 9.91. The zero-order valence-corrected chi connectivity index (χ0v) is 95.4. The van der Waals surface area contributed by atoms with Gasteiger partial charge in [-0.1, -0.05) is 6.92 Å². The Kier molecular flexibility index (Phi) is 52.1. The molecule has 0 aromatic rings. The van der Waals surface area contributed by atoms with Crippen molar-refractivity contribution in [1.82, 2.24) is 0 Å². The van der Waals surface area contributed by atoms with Crippen LogP contribution < -0.4 is 0 Å². The number of ether oxygens (including phenoxy) is 1. The topological polar surface area (TPSA) is 691 Å². The molecule has 0 heterocycles. The van der Waals surface area contributed by atoms with Crippen molar-refractivity contribution >= 4 is 371 Å². The molecule has 2 unspecified atom stereocenters. The third-order valence-corrected chi connectivity index (χ3v) is 320. The molecule has 52 radical (unpaired) electrons. The van der Waals surface area contributed by atoms with Gasteiger partial charge in [0.05, 0.1) is 12.0 Å². The Bertz CT molecular complexity index is 2230. The highest BCUT2D eigenvalue weighted by Gasteiger charge is 3.01. The second-order valence-corrected chi connectivity index (χ2v) is 194. The van der Waals surface area contributed by atoms with Crippen LogP contribution in [0, 0.1) is 5.41 Å². The molecule has 0 bridgehead atoms. The van der Waals surface area contributed by atoms with Crippen molar-refractivity contribution in [2.45, 2.75) is 85.5 Å². The van der Waals surface area contributed by atoms with Crippen molar-refractivity contribution in [2.24, 2.45) is 5.41 Å². The molecule has 0 aromatic carbocycles. The summed E-state index contributed by atoms with van der Waals surface area (Å²) < 4.78 is 108. The molecular formula is C16H64O43Si42. The summed E-state index contributed by atoms with van der Waals surface area (Å²) in [6.45, 7) is -41.2. The van der Waals surface area contributed by atoms with Gasteiger partial charge in [0.2, 0.25) is 147 Å². The van der Waals surface area contributed by atoms with Crippen molar-refractivity contribution in [3.63, 3.8) is 0 Å². The molecule has 0 aromatic heterocycles. The summed E-state index contributed by atoms with van der Waals surface area (Å²) in [5.74, 6) is -0.625. The van der Waals surface area contributed by atoms with Crippen LogP contribution in [-0.4, -0.2) is 503 Å². The van der Waals surface area contributed by atoms with Gasteiger partial charge in [-0.05, 0) is 78.6 Å². The third kappa shape index (κ3) is 22.9. The molecule has 0 aliphatic rings. The maximum atomic E-state index is 13.3. The van der Waals surface area contributed by atoms with E-state index in [4.69, 9.17) is 66.5 Å². The van der Waals surface area contributed by atoms with Gasteiger partial charge in [-0.25, -0.2) is 0 Å². The van der Waals surface area contributed by atoms with E-state index in [2.05, 4.69) is 0 Å². The first-order valence-electron chi connectivity index (χ1n) is 26.3. The van der Waals surface area contributed by atoms with Gasteiger partial charge in [0.25, 0.3) is 73.9 Å². The first-order valence-corrected chi connectivity index (χ1v) is 110. The lowest BCUT2D eigenvalue weighted by molar-refractivity contribution is -0.154. The monoisotopic (exact) mass is 2120 g/mol. The van der Waals surface area contributed by atoms with E-state index < -0.39 is 377 Å². The van der Waals surface area contributed by atoms with Gasteiger partial charge in [-0.15, -0.1) is 0 Å². The van der Waals surface area contributed by atoms with Crippen LogP contribution in [0.2, 0.25) is 51.9 Å². The number of rotatable bonds is 62. The molecule has 43 nitrogen and oxygen atoms in total. The second kappa shape index (κ2) is 48.7. The van der Waals surface area contributed by atoms with Gasteiger partial charge in [-0.2, -0.15) is 0 Å². The lowest BCUT2D eigenvalue weighted by Crippen LogP contribution is -3.14. The van der Waals surface area contributed by atoms with Crippen LogP contribution in [0.3, 0.4) is 0 Å². The Morgan fingerprint density at radius 1 is 0.376 bits per heavy atom. The van der Waals surface area contributed by atoms with Crippen LogP contribution in [0.1, 0.15) is 33.6 Å². The first kappa shape index (κ1) is 108. The van der Waals surface area contributed by atoms with Gasteiger partial charge in [0.15, 0.2) is 17.4 Å². The van der Waals surface area contributed by atoms with Crippen molar-refractivity contribution in [3.8, 4) is 0 Å². The van der Waals surface area contributed by atoms with Crippen LogP contribution in [-0.2, 0) is 71.3 Å². The van der Waals surface area contributed by atoms with Crippen molar-refractivity contribution < 1.29 is 196 Å². The van der Waals surface area contributed by atoms with Gasteiger partial charge < -0.3 is 191 Å². The standard InChI is InChI=1S/C16H64O43Si42/c1-11-16(2,3)15(17)44-13-12-14-87(7,8)54-86(6)55-92(100(96(77-35,78-36)49-64-22,97(79-37,80-38)50-65-23)57-89(68-26,69-27)45-60-18,59-93(94(73-31,74-32)47-62-20,95(75-33,76-34)48-63-21)56-90(70-28,71-29)53-85(4)5)101(98(81-39,82-40)51-66-24,99(83-41,84-42)52-67-25)58-91(72-30,46-61-19)88(9,10)43/h18-43H,11-14H2,1-10H3. The van der Waals surface area contributed by atoms with Crippen LogP contribution in [0.15, 0.2) is 0 Å². The molecule has 0 amide bonds. The van der Waals surface area contributed by atoms with Gasteiger partial charge in [-0.3, -0.25) is 4.79 Å². The molecule has 554 valence electrons. The minimum atomic E-state index is -8.28. The van der Waals surface area contributed by atoms with Gasteiger partial charge >= 0.3 is 133 Å². The van der Waals surface area contributed by atoms with Crippen molar-refractivity contribution in [2.75, 3.05) is 6.61 Å². The maximum absolute atomic E-state index is 13.3. The van der Waals surface area contributed by atoms with E-state index in [9.17, 15) is 129 Å². The van der Waals surface area contributed by atoms with Crippen molar-refractivity contribution in [3.05, 3.63) is 0 Å². The summed E-state index contributed by atoms with van der Waals surface area (Å²) >= 11 is 0. The summed E-state index contributed by atoms with van der Waals surface area (Å²) in [6.07, 6.45) is 0.271. The first-order chi connectivity index (χ1) is 47.3. The van der Waals surface area contributed by atoms with Crippen LogP contribution in [0.25, 0.3) is 0 Å². The van der Waals surface area contributed by atoms with E-state index in [-0.39, 0.29) is 19.1 Å². The number of carbonyl (C=O) groups excluding carboxylic acids is 1. The molecule has 0 rings (SSSR count). The van der Waals surface area contributed by atoms with E-state index in [1.54, 1.807) is 20.8 Å². The number of hydrogen-bond donors (Lipinski definition) is 26. The zero-order valence-electron chi connectivity index (χ0n) is 53.4. The average molecular weight is 2120 g/mol. The summed E-state index contributed by atoms with van der Waals surface area (Å²) in [6, 6.07) is -0.126. The van der Waals surface area contributed by atoms with E-state index >= 15 is 0 Å². The number of carbonyl (C=O) groups is 1. The lowest BCUT2D eigenvalue weighted by Gasteiger charge is -2.70. The summed E-state index contributed by atoms with van der Waals surface area (Å²) in [7, 11) is -106. The molecule has 2 atom stereocenters. The molecule has 0 aliphatic heterocycles. The fourth-order valence-corrected chi connectivity index (χ4v) is 519. The van der Waals surface area contributed by atoms with E-state index in [1.807, 2.05) is 0 Å². The number of esters is 1. The fourth-order valence-electron chi connectivity index (χ4n) is 8.78. The molecule has 0 saturated carbocycles. The van der Waals surface area contributed by atoms with Gasteiger partial charge in [0, 0.05) is 0 Å². The molecule has 101 heavy (non-hydrogen) atoms.